The topological polar surface area (TPSA) is 29.9 Å². The molecule has 3 heteroatoms. The molecular weight excluding hydrogens is 198 g/mol. The van der Waals surface area contributed by atoms with Crippen molar-refractivity contribution in [3.8, 4) is 0 Å². The number of aryl methyl sites for hydroxylation is 2. The highest BCUT2D eigenvalue weighted by atomic mass is 15.2. The van der Waals surface area contributed by atoms with E-state index in [-0.39, 0.29) is 0 Å². The maximum Gasteiger partial charge on any atom is 0.0638 e. The van der Waals surface area contributed by atoms with E-state index in [0.717, 1.165) is 18.2 Å². The zero-order chi connectivity index (χ0) is 11.5. The van der Waals surface area contributed by atoms with E-state index in [2.05, 4.69) is 30.5 Å². The first kappa shape index (κ1) is 11.6. The van der Waals surface area contributed by atoms with Crippen molar-refractivity contribution in [1.82, 2.24) is 15.1 Å². The van der Waals surface area contributed by atoms with Gasteiger partial charge in [-0.1, -0.05) is 19.8 Å². The van der Waals surface area contributed by atoms with Crippen LogP contribution in [0.1, 0.15) is 43.9 Å². The van der Waals surface area contributed by atoms with Gasteiger partial charge in [0.1, 0.15) is 0 Å². The van der Waals surface area contributed by atoms with Crippen LogP contribution in [0.15, 0.2) is 6.20 Å². The van der Waals surface area contributed by atoms with Crippen LogP contribution in [0, 0.1) is 12.8 Å². The third-order valence-corrected chi connectivity index (χ3v) is 3.63. The lowest BCUT2D eigenvalue weighted by molar-refractivity contribution is 0.300. The molecule has 0 spiro atoms. The second-order valence-electron chi connectivity index (χ2n) is 5.26. The van der Waals surface area contributed by atoms with Gasteiger partial charge in [-0.25, -0.2) is 0 Å². The monoisotopic (exact) mass is 221 g/mol. The summed E-state index contributed by atoms with van der Waals surface area (Å²) in [5.74, 6) is 0.890. The van der Waals surface area contributed by atoms with E-state index in [0.29, 0.717) is 6.04 Å². The zero-order valence-electron chi connectivity index (χ0n) is 10.7. The highest BCUT2D eigenvalue weighted by molar-refractivity contribution is 5.14. The van der Waals surface area contributed by atoms with Crippen molar-refractivity contribution >= 4 is 0 Å². The molecule has 0 amide bonds. The minimum absolute atomic E-state index is 0.711. The molecule has 1 saturated carbocycles. The number of hydrogen-bond acceptors (Lipinski definition) is 2. The summed E-state index contributed by atoms with van der Waals surface area (Å²) in [5, 5.41) is 8.04. The number of aromatic nitrogens is 2. The molecular formula is C13H23N3. The van der Waals surface area contributed by atoms with Crippen LogP contribution in [0.4, 0.5) is 0 Å². The van der Waals surface area contributed by atoms with Gasteiger partial charge in [-0.15, -0.1) is 0 Å². The normalized spacial score (nSPS) is 25.9. The average molecular weight is 221 g/mol. The highest BCUT2D eigenvalue weighted by Crippen LogP contribution is 2.23. The first-order valence-electron chi connectivity index (χ1n) is 6.37. The van der Waals surface area contributed by atoms with Crippen LogP contribution in [0.5, 0.6) is 0 Å². The Morgan fingerprint density at radius 2 is 2.31 bits per heavy atom. The van der Waals surface area contributed by atoms with E-state index < -0.39 is 0 Å². The third-order valence-electron chi connectivity index (χ3n) is 3.63. The fraction of sp³-hybridized carbons (Fsp3) is 0.769. The van der Waals surface area contributed by atoms with Gasteiger partial charge in [-0.05, 0) is 25.7 Å². The molecule has 2 rings (SSSR count). The van der Waals surface area contributed by atoms with Crippen LogP contribution in [-0.4, -0.2) is 15.8 Å². The average Bonchev–Trinajstić information content (AvgIpc) is 2.54. The minimum Gasteiger partial charge on any atom is -0.310 e. The van der Waals surface area contributed by atoms with Crippen LogP contribution in [0.2, 0.25) is 0 Å². The van der Waals surface area contributed by atoms with Gasteiger partial charge in [0.05, 0.1) is 5.69 Å². The predicted molar refractivity (Wildman–Crippen MR) is 66.2 cm³/mol. The van der Waals surface area contributed by atoms with Crippen molar-refractivity contribution in [2.24, 2.45) is 13.0 Å². The molecule has 1 aliphatic carbocycles. The van der Waals surface area contributed by atoms with Crippen molar-refractivity contribution in [3.05, 3.63) is 17.5 Å². The molecule has 0 aliphatic heterocycles. The standard InChI is InChI=1S/C13H23N3/c1-10-5-4-6-13(7-10)14-8-12-9-16(3)15-11(12)2/h9-10,13-14H,4-8H2,1-3H3. The minimum atomic E-state index is 0.711. The molecule has 1 N–H and O–H groups in total. The van der Waals surface area contributed by atoms with Crippen LogP contribution < -0.4 is 5.32 Å². The SMILES string of the molecule is Cc1nn(C)cc1CNC1CCCC(C)C1. The Bertz CT molecular complexity index is 343. The van der Waals surface area contributed by atoms with E-state index in [1.54, 1.807) is 0 Å². The molecule has 1 fully saturated rings. The first-order chi connectivity index (χ1) is 7.65. The van der Waals surface area contributed by atoms with E-state index in [4.69, 9.17) is 0 Å². The van der Waals surface area contributed by atoms with Gasteiger partial charge in [0.25, 0.3) is 0 Å². The summed E-state index contributed by atoms with van der Waals surface area (Å²) in [5.41, 5.74) is 2.49. The maximum absolute atomic E-state index is 4.37. The molecule has 1 aliphatic rings. The fourth-order valence-electron chi connectivity index (χ4n) is 2.70. The van der Waals surface area contributed by atoms with Crippen LogP contribution in [0.25, 0.3) is 0 Å². The molecule has 3 nitrogen and oxygen atoms in total. The van der Waals surface area contributed by atoms with Gasteiger partial charge in [-0.3, -0.25) is 4.68 Å². The molecule has 0 saturated heterocycles. The quantitative estimate of drug-likeness (QED) is 0.849. The summed E-state index contributed by atoms with van der Waals surface area (Å²) in [4.78, 5) is 0. The van der Waals surface area contributed by atoms with Gasteiger partial charge in [0.2, 0.25) is 0 Å². The van der Waals surface area contributed by atoms with E-state index in [1.165, 1.54) is 31.2 Å². The largest absolute Gasteiger partial charge is 0.310 e. The molecule has 16 heavy (non-hydrogen) atoms. The number of rotatable bonds is 3. The zero-order valence-corrected chi connectivity index (χ0v) is 10.7. The third kappa shape index (κ3) is 2.85. The Morgan fingerprint density at radius 1 is 1.50 bits per heavy atom. The van der Waals surface area contributed by atoms with Crippen molar-refractivity contribution in [1.29, 1.82) is 0 Å². The Morgan fingerprint density at radius 3 is 2.94 bits per heavy atom. The van der Waals surface area contributed by atoms with Crippen molar-refractivity contribution < 1.29 is 0 Å². The second kappa shape index (κ2) is 5.00. The van der Waals surface area contributed by atoms with Gasteiger partial charge in [-0.2, -0.15) is 5.10 Å². The highest BCUT2D eigenvalue weighted by Gasteiger charge is 2.18. The summed E-state index contributed by atoms with van der Waals surface area (Å²) in [6, 6.07) is 0.711. The van der Waals surface area contributed by atoms with E-state index in [1.807, 2.05) is 11.7 Å². The van der Waals surface area contributed by atoms with E-state index >= 15 is 0 Å². The smallest absolute Gasteiger partial charge is 0.0638 e. The summed E-state index contributed by atoms with van der Waals surface area (Å²) in [6.45, 7) is 5.42. The van der Waals surface area contributed by atoms with E-state index in [9.17, 15) is 0 Å². The predicted octanol–water partition coefficient (Wildman–Crippen LogP) is 2.40. The molecule has 0 aromatic carbocycles. The number of hydrogen-bond donors (Lipinski definition) is 1. The lowest BCUT2D eigenvalue weighted by Crippen LogP contribution is -2.33. The van der Waals surface area contributed by atoms with Crippen LogP contribution in [-0.2, 0) is 13.6 Å². The molecule has 2 atom stereocenters. The molecule has 90 valence electrons. The van der Waals surface area contributed by atoms with Crippen molar-refractivity contribution in [2.75, 3.05) is 0 Å². The number of nitrogens with zero attached hydrogens (tertiary/aromatic N) is 2. The van der Waals surface area contributed by atoms with Crippen molar-refractivity contribution in [3.63, 3.8) is 0 Å². The molecule has 2 unspecified atom stereocenters. The summed E-state index contributed by atoms with van der Waals surface area (Å²) >= 11 is 0. The summed E-state index contributed by atoms with van der Waals surface area (Å²) < 4.78 is 1.90. The molecule has 0 bridgehead atoms. The molecule has 1 aromatic heterocycles. The Balaban J connectivity index is 1.85. The van der Waals surface area contributed by atoms with Gasteiger partial charge >= 0.3 is 0 Å². The van der Waals surface area contributed by atoms with Crippen LogP contribution in [0.3, 0.4) is 0 Å². The first-order valence-corrected chi connectivity index (χ1v) is 6.37. The lowest BCUT2D eigenvalue weighted by Gasteiger charge is -2.27. The van der Waals surface area contributed by atoms with Crippen LogP contribution >= 0.6 is 0 Å². The van der Waals surface area contributed by atoms with Gasteiger partial charge < -0.3 is 5.32 Å². The molecule has 1 aromatic rings. The summed E-state index contributed by atoms with van der Waals surface area (Å²) in [7, 11) is 1.99. The number of nitrogens with one attached hydrogen (secondary N) is 1. The van der Waals surface area contributed by atoms with Crippen molar-refractivity contribution in [2.45, 2.75) is 52.1 Å². The lowest BCUT2D eigenvalue weighted by atomic mass is 9.87. The Hall–Kier alpha value is -0.830. The second-order valence-corrected chi connectivity index (χ2v) is 5.26. The van der Waals surface area contributed by atoms with Gasteiger partial charge in [0.15, 0.2) is 0 Å². The summed E-state index contributed by atoms with van der Waals surface area (Å²) in [6.07, 6.45) is 7.58. The fourth-order valence-corrected chi connectivity index (χ4v) is 2.70. The van der Waals surface area contributed by atoms with Gasteiger partial charge in [0, 0.05) is 31.4 Å². The molecule has 0 radical (unpaired) electrons. The Kier molecular flexibility index (Phi) is 3.64. The maximum atomic E-state index is 4.37. The Labute approximate surface area is 98.2 Å². The molecule has 1 heterocycles.